The number of nitrogen functional groups attached to an aromatic ring is 1. The maximum atomic E-state index is 12.4. The predicted octanol–water partition coefficient (Wildman–Crippen LogP) is -0.337. The number of ether oxygens (including phenoxy) is 1. The third-order valence-electron chi connectivity index (χ3n) is 4.58. The second-order valence-corrected chi connectivity index (χ2v) is 6.89. The van der Waals surface area contributed by atoms with Crippen LogP contribution in [-0.2, 0) is 20.9 Å². The van der Waals surface area contributed by atoms with Gasteiger partial charge in [0.1, 0.15) is 6.04 Å². The summed E-state index contributed by atoms with van der Waals surface area (Å²) < 4.78 is 4.48. The van der Waals surface area contributed by atoms with Crippen LogP contribution in [0.5, 0.6) is 0 Å². The number of aromatic amines is 1. The molecule has 13 nitrogen and oxygen atoms in total. The van der Waals surface area contributed by atoms with Gasteiger partial charge < -0.3 is 26.2 Å². The molecule has 0 fully saturated rings. The van der Waals surface area contributed by atoms with E-state index in [4.69, 9.17) is 5.73 Å². The van der Waals surface area contributed by atoms with Gasteiger partial charge in [0.25, 0.3) is 11.5 Å². The number of esters is 1. The fraction of sp³-hybridized carbons (Fsp3) is 0.250. The number of hydrogen-bond donors (Lipinski definition) is 5. The highest BCUT2D eigenvalue weighted by atomic mass is 24.3. The molecule has 1 atom stereocenters. The van der Waals surface area contributed by atoms with Crippen molar-refractivity contribution in [3.05, 3.63) is 52.1 Å². The van der Waals surface area contributed by atoms with Crippen molar-refractivity contribution in [3.63, 3.8) is 0 Å². The molecule has 0 saturated carbocycles. The van der Waals surface area contributed by atoms with E-state index >= 15 is 0 Å². The number of carboxylic acid groups (broad SMARTS) is 1. The number of carbonyl (C=O) groups excluding carboxylic acids is 2. The Morgan fingerprint density at radius 3 is 2.56 bits per heavy atom. The van der Waals surface area contributed by atoms with Gasteiger partial charge in [0, 0.05) is 40.7 Å². The van der Waals surface area contributed by atoms with E-state index in [1.54, 1.807) is 12.1 Å². The molecule has 3 aromatic rings. The predicted molar refractivity (Wildman–Crippen MR) is 122 cm³/mol. The minimum atomic E-state index is -1.25. The Bertz CT molecular complexity index is 1250. The van der Waals surface area contributed by atoms with Crippen LogP contribution in [0.3, 0.4) is 0 Å². The molecule has 0 aliphatic carbocycles. The quantitative estimate of drug-likeness (QED) is 0.198. The molecule has 0 spiro atoms. The fourth-order valence-electron chi connectivity index (χ4n) is 2.85. The van der Waals surface area contributed by atoms with Gasteiger partial charge in [-0.3, -0.25) is 19.4 Å². The van der Waals surface area contributed by atoms with E-state index in [0.717, 1.165) is 0 Å². The van der Waals surface area contributed by atoms with Gasteiger partial charge in [-0.15, -0.1) is 0 Å². The first kappa shape index (κ1) is 26.5. The first-order valence-electron chi connectivity index (χ1n) is 9.72. The van der Waals surface area contributed by atoms with Crippen molar-refractivity contribution in [2.45, 2.75) is 25.4 Å². The summed E-state index contributed by atoms with van der Waals surface area (Å²) in [4.78, 5) is 61.4. The Kier molecular flexibility index (Phi) is 9.26. The minimum Gasteiger partial charge on any atom is -0.480 e. The van der Waals surface area contributed by atoms with E-state index in [0.29, 0.717) is 11.4 Å². The number of carboxylic acids is 1. The summed E-state index contributed by atoms with van der Waals surface area (Å²) in [7, 11) is 1.20. The van der Waals surface area contributed by atoms with Gasteiger partial charge >= 0.3 is 11.9 Å². The molecular formula is C20H21MgN7O6. The Hall–Kier alpha value is -3.78. The number of nitrogens with two attached hydrogens (primary N) is 1. The van der Waals surface area contributed by atoms with E-state index in [1.807, 2.05) is 0 Å². The number of aromatic nitrogens is 4. The SMILES string of the molecule is COC(=O)CC[C@H](NC(=O)c1ccc(NCc2cnc3nc(N)[nH]c(=O)c3n2)cc1)C(=O)O.[Mg]. The topological polar surface area (TPSA) is 202 Å². The number of hydrogen-bond acceptors (Lipinski definition) is 10. The first-order valence-corrected chi connectivity index (χ1v) is 9.72. The highest BCUT2D eigenvalue weighted by Crippen LogP contribution is 2.12. The molecule has 0 saturated heterocycles. The highest BCUT2D eigenvalue weighted by molar-refractivity contribution is 5.97. The molecule has 2 heterocycles. The lowest BCUT2D eigenvalue weighted by Gasteiger charge is -2.14. The van der Waals surface area contributed by atoms with Crippen LogP contribution in [0.4, 0.5) is 11.6 Å². The summed E-state index contributed by atoms with van der Waals surface area (Å²) >= 11 is 0. The lowest BCUT2D eigenvalue weighted by molar-refractivity contribution is -0.142. The minimum absolute atomic E-state index is 0. The number of benzene rings is 1. The van der Waals surface area contributed by atoms with E-state index in [1.165, 1.54) is 25.4 Å². The molecule has 0 bridgehead atoms. The standard InChI is InChI=1S/C20H21N7O6.Mg/c1-33-14(28)7-6-13(19(31)32)25-17(29)10-2-4-11(5-3-10)22-8-12-9-23-16-15(24-12)18(30)27-20(21)26-16;/h2-5,9,13,22H,6-8H2,1H3,(H,25,29)(H,31,32)(H3,21,23,26,27,30);/t13-;/m0./s1. The van der Waals surface area contributed by atoms with Crippen LogP contribution in [0, 0.1) is 0 Å². The number of H-pyrrole nitrogens is 1. The number of aliphatic carboxylic acids is 1. The summed E-state index contributed by atoms with van der Waals surface area (Å²) in [6.07, 6.45) is 1.23. The maximum absolute atomic E-state index is 12.4. The maximum Gasteiger partial charge on any atom is 0.326 e. The van der Waals surface area contributed by atoms with Crippen LogP contribution in [0.1, 0.15) is 28.9 Å². The Balaban J connectivity index is 0.00000408. The molecule has 174 valence electrons. The molecule has 2 radical (unpaired) electrons. The second-order valence-electron chi connectivity index (χ2n) is 6.89. The fourth-order valence-corrected chi connectivity index (χ4v) is 2.85. The zero-order valence-electron chi connectivity index (χ0n) is 18.2. The number of methoxy groups -OCH3 is 1. The number of carbonyl (C=O) groups is 3. The molecule has 0 aliphatic rings. The number of rotatable bonds is 9. The molecule has 14 heteroatoms. The van der Waals surface area contributed by atoms with Crippen LogP contribution < -0.4 is 21.9 Å². The third-order valence-corrected chi connectivity index (χ3v) is 4.58. The van der Waals surface area contributed by atoms with Gasteiger partial charge in [-0.2, -0.15) is 4.98 Å². The summed E-state index contributed by atoms with van der Waals surface area (Å²) in [5, 5.41) is 14.7. The van der Waals surface area contributed by atoms with E-state index in [2.05, 4.69) is 35.3 Å². The molecule has 0 unspecified atom stereocenters. The smallest absolute Gasteiger partial charge is 0.326 e. The normalized spacial score (nSPS) is 11.2. The van der Waals surface area contributed by atoms with Crippen molar-refractivity contribution >= 4 is 63.7 Å². The number of anilines is 2. The van der Waals surface area contributed by atoms with Crippen molar-refractivity contribution in [2.24, 2.45) is 0 Å². The van der Waals surface area contributed by atoms with Gasteiger partial charge in [-0.05, 0) is 30.7 Å². The average molecular weight is 480 g/mol. The number of nitrogens with one attached hydrogen (secondary N) is 3. The third kappa shape index (κ3) is 6.86. The van der Waals surface area contributed by atoms with Gasteiger partial charge in [-0.1, -0.05) is 0 Å². The molecule has 6 N–H and O–H groups in total. The van der Waals surface area contributed by atoms with Crippen LogP contribution in [0.25, 0.3) is 11.2 Å². The first-order chi connectivity index (χ1) is 15.8. The molecular weight excluding hydrogens is 459 g/mol. The highest BCUT2D eigenvalue weighted by Gasteiger charge is 2.22. The molecule has 1 aromatic carbocycles. The van der Waals surface area contributed by atoms with Crippen LogP contribution >= 0.6 is 0 Å². The summed E-state index contributed by atoms with van der Waals surface area (Å²) in [5.74, 6) is -2.45. The summed E-state index contributed by atoms with van der Waals surface area (Å²) in [6, 6.07) is 5.06. The van der Waals surface area contributed by atoms with E-state index in [-0.39, 0.29) is 65.1 Å². The summed E-state index contributed by atoms with van der Waals surface area (Å²) in [5.41, 5.74) is 6.57. The van der Waals surface area contributed by atoms with Crippen molar-refractivity contribution in [3.8, 4) is 0 Å². The molecule has 2 aromatic heterocycles. The molecule has 0 aliphatic heterocycles. The van der Waals surface area contributed by atoms with Gasteiger partial charge in [0.2, 0.25) is 5.95 Å². The van der Waals surface area contributed by atoms with Crippen LogP contribution in [0.15, 0.2) is 35.3 Å². The Labute approximate surface area is 208 Å². The zero-order valence-corrected chi connectivity index (χ0v) is 19.6. The number of fused-ring (bicyclic) bond motifs is 1. The van der Waals surface area contributed by atoms with Crippen LogP contribution in [0.2, 0.25) is 0 Å². The number of amides is 1. The zero-order chi connectivity index (χ0) is 24.0. The van der Waals surface area contributed by atoms with Gasteiger partial charge in [0.05, 0.1) is 25.5 Å². The monoisotopic (exact) mass is 479 g/mol. The van der Waals surface area contributed by atoms with Crippen molar-refractivity contribution < 1.29 is 24.2 Å². The molecule has 34 heavy (non-hydrogen) atoms. The van der Waals surface area contributed by atoms with Gasteiger partial charge in [0.15, 0.2) is 11.2 Å². The lowest BCUT2D eigenvalue weighted by Crippen LogP contribution is -2.41. The second kappa shape index (κ2) is 11.9. The van der Waals surface area contributed by atoms with Crippen molar-refractivity contribution in [2.75, 3.05) is 18.2 Å². The lowest BCUT2D eigenvalue weighted by atomic mass is 10.1. The molecule has 1 amide bonds. The largest absolute Gasteiger partial charge is 0.480 e. The van der Waals surface area contributed by atoms with E-state index < -0.39 is 29.4 Å². The molecule has 3 rings (SSSR count). The number of nitrogens with zero attached hydrogens (tertiary/aromatic N) is 3. The summed E-state index contributed by atoms with van der Waals surface area (Å²) in [6.45, 7) is 0.243. The Morgan fingerprint density at radius 1 is 1.21 bits per heavy atom. The Morgan fingerprint density at radius 2 is 1.91 bits per heavy atom. The van der Waals surface area contributed by atoms with Gasteiger partial charge in [-0.25, -0.2) is 14.8 Å². The van der Waals surface area contributed by atoms with E-state index in [9.17, 15) is 24.3 Å². The van der Waals surface area contributed by atoms with Crippen LogP contribution in [-0.4, -0.2) is 79.1 Å². The van der Waals surface area contributed by atoms with Crippen molar-refractivity contribution in [1.82, 2.24) is 25.3 Å². The average Bonchev–Trinajstić information content (AvgIpc) is 2.80. The van der Waals surface area contributed by atoms with Crippen molar-refractivity contribution in [1.29, 1.82) is 0 Å².